The first kappa shape index (κ1) is 16.2. The molecule has 0 spiro atoms. The predicted molar refractivity (Wildman–Crippen MR) is 87.6 cm³/mol. The number of halogens is 2. The van der Waals surface area contributed by atoms with Gasteiger partial charge in [-0.15, -0.1) is 0 Å². The first-order valence-electron chi connectivity index (χ1n) is 7.24. The molecule has 21 heavy (non-hydrogen) atoms. The van der Waals surface area contributed by atoms with Gasteiger partial charge in [-0.2, -0.15) is 0 Å². The predicted octanol–water partition coefficient (Wildman–Crippen LogP) is 4.36. The molecule has 1 aromatic rings. The van der Waals surface area contributed by atoms with Gasteiger partial charge in [0.15, 0.2) is 0 Å². The summed E-state index contributed by atoms with van der Waals surface area (Å²) >= 11 is 12.1. The number of carbonyl (C=O) groups is 1. The van der Waals surface area contributed by atoms with Crippen molar-refractivity contribution >= 4 is 29.1 Å². The Kier molecular flexibility index (Phi) is 5.56. The van der Waals surface area contributed by atoms with Crippen LogP contribution in [0.25, 0.3) is 0 Å². The van der Waals surface area contributed by atoms with E-state index in [4.69, 9.17) is 23.2 Å². The summed E-state index contributed by atoms with van der Waals surface area (Å²) in [7, 11) is 0. The van der Waals surface area contributed by atoms with E-state index in [-0.39, 0.29) is 11.8 Å². The van der Waals surface area contributed by atoms with Crippen LogP contribution < -0.4 is 0 Å². The monoisotopic (exact) mass is 323 g/mol. The van der Waals surface area contributed by atoms with Crippen molar-refractivity contribution < 1.29 is 4.79 Å². The smallest absolute Gasteiger partial charge is 0.298 e. The second-order valence-corrected chi connectivity index (χ2v) is 6.39. The lowest BCUT2D eigenvalue weighted by atomic mass is 9.85. The maximum atomic E-state index is 12.1. The SMILES string of the molecule is CCC#CC(=O)N1C[C@@H](C)C[C@@H](c2ccc(Cl)c(Cl)c2)C1. The Bertz CT molecular complexity index is 588. The third-order valence-corrected chi connectivity index (χ3v) is 4.47. The largest absolute Gasteiger partial charge is 0.331 e. The second kappa shape index (κ2) is 7.20. The molecule has 0 radical (unpaired) electrons. The first-order chi connectivity index (χ1) is 10.0. The van der Waals surface area contributed by atoms with Gasteiger partial charge in [-0.3, -0.25) is 4.79 Å². The van der Waals surface area contributed by atoms with E-state index in [1.807, 2.05) is 30.0 Å². The lowest BCUT2D eigenvalue weighted by molar-refractivity contribution is -0.127. The van der Waals surface area contributed by atoms with Crippen molar-refractivity contribution in [2.24, 2.45) is 5.92 Å². The van der Waals surface area contributed by atoms with Crippen LogP contribution in [0.4, 0.5) is 0 Å². The summed E-state index contributed by atoms with van der Waals surface area (Å²) < 4.78 is 0. The fourth-order valence-corrected chi connectivity index (χ4v) is 3.07. The van der Waals surface area contributed by atoms with E-state index in [1.54, 1.807) is 0 Å². The maximum Gasteiger partial charge on any atom is 0.298 e. The third kappa shape index (κ3) is 4.15. The number of piperidine rings is 1. The summed E-state index contributed by atoms with van der Waals surface area (Å²) in [6.45, 7) is 5.57. The summed E-state index contributed by atoms with van der Waals surface area (Å²) in [5.74, 6) is 6.22. The maximum absolute atomic E-state index is 12.1. The van der Waals surface area contributed by atoms with E-state index in [1.165, 1.54) is 0 Å². The van der Waals surface area contributed by atoms with Crippen LogP contribution in [0.15, 0.2) is 18.2 Å². The zero-order valence-corrected chi connectivity index (χ0v) is 13.8. The van der Waals surface area contributed by atoms with Crippen molar-refractivity contribution in [3.63, 3.8) is 0 Å². The Balaban J connectivity index is 2.17. The molecular formula is C17H19Cl2NO. The molecule has 0 N–H and O–H groups in total. The van der Waals surface area contributed by atoms with Gasteiger partial charge in [-0.05, 0) is 36.0 Å². The van der Waals surface area contributed by atoms with Crippen molar-refractivity contribution in [3.8, 4) is 11.8 Å². The van der Waals surface area contributed by atoms with Crippen molar-refractivity contribution in [2.45, 2.75) is 32.6 Å². The standard InChI is InChI=1S/C17H19Cl2NO/c1-3-4-5-17(21)20-10-12(2)8-14(11-20)13-6-7-15(18)16(19)9-13/h6-7,9,12,14H,3,8,10-11H2,1-2H3/t12-,14+/m0/s1. The Morgan fingerprint density at radius 2 is 2.10 bits per heavy atom. The van der Waals surface area contributed by atoms with Gasteiger partial charge >= 0.3 is 0 Å². The molecular weight excluding hydrogens is 305 g/mol. The van der Waals surface area contributed by atoms with Crippen molar-refractivity contribution in [3.05, 3.63) is 33.8 Å². The van der Waals surface area contributed by atoms with Crippen molar-refractivity contribution in [1.82, 2.24) is 4.90 Å². The van der Waals surface area contributed by atoms with E-state index < -0.39 is 0 Å². The number of nitrogens with zero attached hydrogens (tertiary/aromatic N) is 1. The number of amides is 1. The molecule has 1 aromatic carbocycles. The van der Waals surface area contributed by atoms with Gasteiger partial charge in [0, 0.05) is 25.4 Å². The van der Waals surface area contributed by atoms with Gasteiger partial charge < -0.3 is 4.90 Å². The molecule has 0 bridgehead atoms. The molecule has 1 saturated heterocycles. The van der Waals surface area contributed by atoms with Crippen LogP contribution in [-0.4, -0.2) is 23.9 Å². The zero-order valence-electron chi connectivity index (χ0n) is 12.3. The fourth-order valence-electron chi connectivity index (χ4n) is 2.77. The van der Waals surface area contributed by atoms with Gasteiger partial charge in [0.25, 0.3) is 5.91 Å². The molecule has 2 atom stereocenters. The Labute approximate surface area is 136 Å². The number of benzene rings is 1. The highest BCUT2D eigenvalue weighted by molar-refractivity contribution is 6.42. The van der Waals surface area contributed by atoms with Crippen LogP contribution in [0.5, 0.6) is 0 Å². The normalized spacial score (nSPS) is 21.6. The minimum atomic E-state index is -0.0755. The molecule has 4 heteroatoms. The van der Waals surface area contributed by atoms with Crippen LogP contribution in [-0.2, 0) is 4.79 Å². The third-order valence-electron chi connectivity index (χ3n) is 3.73. The molecule has 112 valence electrons. The van der Waals surface area contributed by atoms with Crippen LogP contribution in [0.1, 0.15) is 38.2 Å². The van der Waals surface area contributed by atoms with Crippen molar-refractivity contribution in [2.75, 3.05) is 13.1 Å². The van der Waals surface area contributed by atoms with E-state index in [9.17, 15) is 4.79 Å². The number of carbonyl (C=O) groups excluding carboxylic acids is 1. The topological polar surface area (TPSA) is 20.3 Å². The minimum absolute atomic E-state index is 0.0755. The van der Waals surface area contributed by atoms with E-state index in [0.717, 1.165) is 18.5 Å². The molecule has 1 heterocycles. The van der Waals surface area contributed by atoms with E-state index >= 15 is 0 Å². The van der Waals surface area contributed by atoms with Gasteiger partial charge in [0.2, 0.25) is 0 Å². The van der Waals surface area contributed by atoms with E-state index in [2.05, 4.69) is 18.8 Å². The van der Waals surface area contributed by atoms with Gasteiger partial charge in [-0.25, -0.2) is 0 Å². The van der Waals surface area contributed by atoms with Gasteiger partial charge in [0.05, 0.1) is 10.0 Å². The highest BCUT2D eigenvalue weighted by Gasteiger charge is 2.28. The molecule has 0 aromatic heterocycles. The molecule has 2 nitrogen and oxygen atoms in total. The lowest BCUT2D eigenvalue weighted by Crippen LogP contribution is -2.42. The Morgan fingerprint density at radius 3 is 2.76 bits per heavy atom. The Hall–Kier alpha value is -1.17. The van der Waals surface area contributed by atoms with E-state index in [0.29, 0.717) is 28.9 Å². The summed E-state index contributed by atoms with van der Waals surface area (Å²) in [6, 6.07) is 5.73. The highest BCUT2D eigenvalue weighted by atomic mass is 35.5. The summed E-state index contributed by atoms with van der Waals surface area (Å²) in [4.78, 5) is 14.0. The number of likely N-dealkylation sites (tertiary alicyclic amines) is 1. The molecule has 1 aliphatic heterocycles. The first-order valence-corrected chi connectivity index (χ1v) is 7.99. The minimum Gasteiger partial charge on any atom is -0.331 e. The van der Waals surface area contributed by atoms with Crippen molar-refractivity contribution in [1.29, 1.82) is 0 Å². The highest BCUT2D eigenvalue weighted by Crippen LogP contribution is 2.33. The molecule has 0 unspecified atom stereocenters. The summed E-state index contributed by atoms with van der Waals surface area (Å²) in [6.07, 6.45) is 1.74. The zero-order chi connectivity index (χ0) is 15.4. The lowest BCUT2D eigenvalue weighted by Gasteiger charge is -2.35. The van der Waals surface area contributed by atoms with Gasteiger partial charge in [-0.1, -0.05) is 49.0 Å². The summed E-state index contributed by atoms with van der Waals surface area (Å²) in [5, 5.41) is 1.13. The molecule has 0 aliphatic carbocycles. The molecule has 0 saturated carbocycles. The Morgan fingerprint density at radius 1 is 1.33 bits per heavy atom. The average molecular weight is 324 g/mol. The number of hydrogen-bond acceptors (Lipinski definition) is 1. The van der Waals surface area contributed by atoms with Crippen LogP contribution in [0, 0.1) is 17.8 Å². The van der Waals surface area contributed by atoms with Crippen LogP contribution >= 0.6 is 23.2 Å². The van der Waals surface area contributed by atoms with Gasteiger partial charge in [0.1, 0.15) is 0 Å². The molecule has 1 fully saturated rings. The fraction of sp³-hybridized carbons (Fsp3) is 0.471. The molecule has 2 rings (SSSR count). The molecule has 1 aliphatic rings. The average Bonchev–Trinajstić information content (AvgIpc) is 2.47. The molecule has 1 amide bonds. The number of hydrogen-bond donors (Lipinski definition) is 0. The summed E-state index contributed by atoms with van der Waals surface area (Å²) in [5.41, 5.74) is 1.14. The van der Waals surface area contributed by atoms with Crippen LogP contribution in [0.3, 0.4) is 0 Å². The second-order valence-electron chi connectivity index (χ2n) is 5.58. The van der Waals surface area contributed by atoms with Crippen LogP contribution in [0.2, 0.25) is 10.0 Å². The number of rotatable bonds is 1. The quantitative estimate of drug-likeness (QED) is 0.703.